The van der Waals surface area contributed by atoms with Crippen molar-refractivity contribution in [2.24, 2.45) is 11.8 Å². The molecule has 1 aliphatic heterocycles. The molecular weight excluding hydrogens is 228 g/mol. The average molecular weight is 254 g/mol. The fourth-order valence-electron chi connectivity index (χ4n) is 2.74. The summed E-state index contributed by atoms with van der Waals surface area (Å²) in [7, 11) is 0. The molecule has 0 aromatic heterocycles. The van der Waals surface area contributed by atoms with Gasteiger partial charge in [0.05, 0.1) is 5.92 Å². The van der Waals surface area contributed by atoms with Gasteiger partial charge in [-0.3, -0.25) is 4.79 Å². The van der Waals surface area contributed by atoms with Gasteiger partial charge in [0.2, 0.25) is 0 Å². The molecule has 2 aliphatic rings. The lowest BCUT2D eigenvalue weighted by Gasteiger charge is -2.36. The number of carboxylic acid groups (broad SMARTS) is 1. The van der Waals surface area contributed by atoms with E-state index in [1.54, 1.807) is 0 Å². The van der Waals surface area contributed by atoms with Crippen molar-refractivity contribution < 1.29 is 9.90 Å². The minimum Gasteiger partial charge on any atom is -0.481 e. The second kappa shape index (κ2) is 6.53. The first-order valence-corrected chi connectivity index (χ1v) is 7.37. The van der Waals surface area contributed by atoms with Crippen LogP contribution in [-0.4, -0.2) is 48.2 Å². The van der Waals surface area contributed by atoms with Crippen LogP contribution in [0, 0.1) is 11.8 Å². The third-order valence-electron chi connectivity index (χ3n) is 4.10. The van der Waals surface area contributed by atoms with E-state index in [9.17, 15) is 9.90 Å². The van der Waals surface area contributed by atoms with E-state index in [2.05, 4.69) is 17.1 Å². The molecule has 4 heteroatoms. The van der Waals surface area contributed by atoms with Crippen molar-refractivity contribution in [3.8, 4) is 0 Å². The van der Waals surface area contributed by atoms with Gasteiger partial charge in [-0.25, -0.2) is 0 Å². The van der Waals surface area contributed by atoms with E-state index in [4.69, 9.17) is 0 Å². The predicted molar refractivity (Wildman–Crippen MR) is 71.6 cm³/mol. The lowest BCUT2D eigenvalue weighted by molar-refractivity contribution is -0.144. The van der Waals surface area contributed by atoms with Crippen LogP contribution in [0.1, 0.15) is 39.0 Å². The Morgan fingerprint density at radius 3 is 2.78 bits per heavy atom. The first-order chi connectivity index (χ1) is 8.69. The Balaban J connectivity index is 1.81. The van der Waals surface area contributed by atoms with Crippen LogP contribution in [0.15, 0.2) is 0 Å². The molecule has 0 radical (unpaired) electrons. The van der Waals surface area contributed by atoms with Gasteiger partial charge in [0.25, 0.3) is 0 Å². The second-order valence-electron chi connectivity index (χ2n) is 5.93. The van der Waals surface area contributed by atoms with E-state index in [0.717, 1.165) is 38.5 Å². The van der Waals surface area contributed by atoms with Crippen LogP contribution < -0.4 is 5.32 Å². The fraction of sp³-hybridized carbons (Fsp3) is 0.929. The Morgan fingerprint density at radius 1 is 1.39 bits per heavy atom. The van der Waals surface area contributed by atoms with E-state index in [0.29, 0.717) is 6.04 Å². The fourth-order valence-corrected chi connectivity index (χ4v) is 2.74. The molecule has 104 valence electrons. The third-order valence-corrected chi connectivity index (χ3v) is 4.10. The van der Waals surface area contributed by atoms with Crippen LogP contribution in [-0.2, 0) is 4.79 Å². The number of carboxylic acids is 1. The Hall–Kier alpha value is -0.610. The number of unbranched alkanes of at least 4 members (excludes halogenated alkanes) is 1. The monoisotopic (exact) mass is 254 g/mol. The van der Waals surface area contributed by atoms with Crippen molar-refractivity contribution in [2.45, 2.75) is 45.1 Å². The number of hydrogen-bond acceptors (Lipinski definition) is 3. The number of piperidine rings is 1. The molecule has 1 heterocycles. The van der Waals surface area contributed by atoms with E-state index in [1.165, 1.54) is 25.7 Å². The normalized spacial score (nSPS) is 29.4. The molecule has 2 N–H and O–H groups in total. The maximum Gasteiger partial charge on any atom is 0.307 e. The van der Waals surface area contributed by atoms with Crippen LogP contribution in [0.5, 0.6) is 0 Å². The zero-order valence-corrected chi connectivity index (χ0v) is 11.4. The highest BCUT2D eigenvalue weighted by atomic mass is 16.4. The number of carbonyl (C=O) groups is 1. The van der Waals surface area contributed by atoms with Crippen molar-refractivity contribution >= 4 is 5.97 Å². The summed E-state index contributed by atoms with van der Waals surface area (Å²) >= 11 is 0. The number of hydrogen-bond donors (Lipinski definition) is 2. The van der Waals surface area contributed by atoms with Gasteiger partial charge in [-0.2, -0.15) is 0 Å². The van der Waals surface area contributed by atoms with Gasteiger partial charge in [0.1, 0.15) is 0 Å². The summed E-state index contributed by atoms with van der Waals surface area (Å²) in [6.45, 7) is 6.06. The van der Waals surface area contributed by atoms with Gasteiger partial charge in [-0.1, -0.05) is 13.3 Å². The standard InChI is InChI=1S/C14H26N2O2/c1-2-3-6-16-9-12(14(17)18)7-13(10-16)15-8-11-4-5-11/h11-13,15H,2-10H2,1H3,(H,17,18). The Morgan fingerprint density at radius 2 is 2.17 bits per heavy atom. The Labute approximate surface area is 110 Å². The first kappa shape index (κ1) is 13.8. The van der Waals surface area contributed by atoms with Crippen LogP contribution in [0.3, 0.4) is 0 Å². The maximum atomic E-state index is 11.2. The molecule has 0 aromatic rings. The highest BCUT2D eigenvalue weighted by Crippen LogP contribution is 2.28. The first-order valence-electron chi connectivity index (χ1n) is 7.37. The van der Waals surface area contributed by atoms with Crippen molar-refractivity contribution in [1.29, 1.82) is 0 Å². The van der Waals surface area contributed by atoms with Gasteiger partial charge < -0.3 is 15.3 Å². The van der Waals surface area contributed by atoms with Gasteiger partial charge in [0.15, 0.2) is 0 Å². The SMILES string of the molecule is CCCCN1CC(NCC2CC2)CC(C(=O)O)C1. The summed E-state index contributed by atoms with van der Waals surface area (Å²) in [4.78, 5) is 13.5. The molecule has 0 aromatic carbocycles. The maximum absolute atomic E-state index is 11.2. The van der Waals surface area contributed by atoms with Crippen molar-refractivity contribution in [3.05, 3.63) is 0 Å². The summed E-state index contributed by atoms with van der Waals surface area (Å²) in [5.74, 6) is 0.0426. The number of likely N-dealkylation sites (tertiary alicyclic amines) is 1. The molecule has 0 amide bonds. The minimum atomic E-state index is -0.630. The summed E-state index contributed by atoms with van der Waals surface area (Å²) in [6.07, 6.45) is 5.84. The topological polar surface area (TPSA) is 52.6 Å². The minimum absolute atomic E-state index is 0.188. The number of nitrogens with one attached hydrogen (secondary N) is 1. The van der Waals surface area contributed by atoms with E-state index >= 15 is 0 Å². The highest BCUT2D eigenvalue weighted by Gasteiger charge is 2.32. The van der Waals surface area contributed by atoms with Crippen molar-refractivity contribution in [2.75, 3.05) is 26.2 Å². The van der Waals surface area contributed by atoms with Crippen LogP contribution >= 0.6 is 0 Å². The quantitative estimate of drug-likeness (QED) is 0.724. The summed E-state index contributed by atoms with van der Waals surface area (Å²) < 4.78 is 0. The van der Waals surface area contributed by atoms with Crippen molar-refractivity contribution in [1.82, 2.24) is 10.2 Å². The lowest BCUT2D eigenvalue weighted by Crippen LogP contribution is -2.51. The summed E-state index contributed by atoms with van der Waals surface area (Å²) in [5, 5.41) is 12.8. The average Bonchev–Trinajstić information content (AvgIpc) is 3.17. The van der Waals surface area contributed by atoms with Gasteiger partial charge in [-0.05, 0) is 44.7 Å². The molecule has 0 spiro atoms. The van der Waals surface area contributed by atoms with Crippen LogP contribution in [0.4, 0.5) is 0 Å². The third kappa shape index (κ3) is 4.25. The number of aliphatic carboxylic acids is 1. The molecule has 2 unspecified atom stereocenters. The predicted octanol–water partition coefficient (Wildman–Crippen LogP) is 1.56. The highest BCUT2D eigenvalue weighted by molar-refractivity contribution is 5.70. The van der Waals surface area contributed by atoms with Crippen LogP contribution in [0.25, 0.3) is 0 Å². The van der Waals surface area contributed by atoms with Gasteiger partial charge >= 0.3 is 5.97 Å². The molecule has 2 rings (SSSR count). The lowest BCUT2D eigenvalue weighted by atomic mass is 9.94. The summed E-state index contributed by atoms with van der Waals surface area (Å²) in [5.41, 5.74) is 0. The number of rotatable bonds is 7. The smallest absolute Gasteiger partial charge is 0.307 e. The largest absolute Gasteiger partial charge is 0.481 e. The zero-order valence-electron chi connectivity index (χ0n) is 11.4. The summed E-state index contributed by atoms with van der Waals surface area (Å²) in [6, 6.07) is 0.373. The Bertz CT molecular complexity index is 279. The molecular formula is C14H26N2O2. The molecule has 18 heavy (non-hydrogen) atoms. The van der Waals surface area contributed by atoms with E-state index in [1.807, 2.05) is 0 Å². The van der Waals surface area contributed by atoms with Gasteiger partial charge in [0, 0.05) is 19.1 Å². The molecule has 1 saturated carbocycles. The molecule has 1 aliphatic carbocycles. The zero-order chi connectivity index (χ0) is 13.0. The number of nitrogens with zero attached hydrogens (tertiary/aromatic N) is 1. The molecule has 4 nitrogen and oxygen atoms in total. The van der Waals surface area contributed by atoms with Gasteiger partial charge in [-0.15, -0.1) is 0 Å². The molecule has 1 saturated heterocycles. The van der Waals surface area contributed by atoms with E-state index in [-0.39, 0.29) is 5.92 Å². The molecule has 2 atom stereocenters. The van der Waals surface area contributed by atoms with Crippen molar-refractivity contribution in [3.63, 3.8) is 0 Å². The van der Waals surface area contributed by atoms with Crippen LogP contribution in [0.2, 0.25) is 0 Å². The Kier molecular flexibility index (Phi) is 5.01. The van der Waals surface area contributed by atoms with E-state index < -0.39 is 5.97 Å². The molecule has 0 bridgehead atoms. The molecule has 2 fully saturated rings. The second-order valence-corrected chi connectivity index (χ2v) is 5.93.